The van der Waals surface area contributed by atoms with Crippen molar-refractivity contribution >= 4 is 11.8 Å². The minimum Gasteiger partial charge on any atom is -0.391 e. The number of benzene rings is 1. The number of carbonyl (C=O) groups is 2. The van der Waals surface area contributed by atoms with Gasteiger partial charge in [0.25, 0.3) is 0 Å². The molecule has 3 rings (SSSR count). The topological polar surface area (TPSA) is 96.3 Å². The summed E-state index contributed by atoms with van der Waals surface area (Å²) < 4.78 is 1.83. The van der Waals surface area contributed by atoms with Gasteiger partial charge in [0.05, 0.1) is 12.1 Å². The number of nitrogens with one attached hydrogen (secondary N) is 2. The molecule has 0 saturated heterocycles. The maximum Gasteiger partial charge on any atom is 0.221 e. The van der Waals surface area contributed by atoms with Gasteiger partial charge in [-0.3, -0.25) is 14.3 Å². The lowest BCUT2D eigenvalue weighted by molar-refractivity contribution is -0.122. The van der Waals surface area contributed by atoms with Gasteiger partial charge in [0.2, 0.25) is 11.8 Å². The van der Waals surface area contributed by atoms with E-state index in [9.17, 15) is 14.7 Å². The highest BCUT2D eigenvalue weighted by Crippen LogP contribution is 2.38. The summed E-state index contributed by atoms with van der Waals surface area (Å²) in [5.41, 5.74) is 1.92. The molecule has 0 bridgehead atoms. The molecule has 0 aliphatic heterocycles. The third kappa shape index (κ3) is 5.48. The van der Waals surface area contributed by atoms with E-state index in [0.29, 0.717) is 32.4 Å². The van der Waals surface area contributed by atoms with Crippen molar-refractivity contribution in [2.24, 2.45) is 0 Å². The monoisotopic (exact) mass is 412 g/mol. The zero-order valence-electron chi connectivity index (χ0n) is 17.8. The number of aromatic nitrogens is 2. The molecular weight excluding hydrogens is 380 g/mol. The Bertz CT molecular complexity index is 851. The SMILES string of the molecule is CC(=O)N[C@H]1CC[C@](CNC(=O)CCn2nccc2C)(c2ccccc2)CC[C@@H]1O. The minimum atomic E-state index is -0.585. The third-order valence-corrected chi connectivity index (χ3v) is 6.20. The van der Waals surface area contributed by atoms with Crippen molar-refractivity contribution in [2.75, 3.05) is 6.54 Å². The van der Waals surface area contributed by atoms with Gasteiger partial charge in [-0.15, -0.1) is 0 Å². The van der Waals surface area contributed by atoms with Crippen LogP contribution in [0.2, 0.25) is 0 Å². The molecule has 1 aliphatic rings. The van der Waals surface area contributed by atoms with Crippen molar-refractivity contribution in [1.82, 2.24) is 20.4 Å². The Morgan fingerprint density at radius 3 is 2.60 bits per heavy atom. The summed E-state index contributed by atoms with van der Waals surface area (Å²) in [5, 5.41) is 20.8. The summed E-state index contributed by atoms with van der Waals surface area (Å²) in [7, 11) is 0. The largest absolute Gasteiger partial charge is 0.391 e. The van der Waals surface area contributed by atoms with Gasteiger partial charge in [-0.05, 0) is 44.2 Å². The molecule has 1 heterocycles. The van der Waals surface area contributed by atoms with Crippen LogP contribution >= 0.6 is 0 Å². The molecule has 1 aliphatic carbocycles. The normalized spacial score (nSPS) is 24.1. The van der Waals surface area contributed by atoms with Crippen molar-refractivity contribution in [3.05, 3.63) is 53.9 Å². The molecule has 3 atom stereocenters. The highest BCUT2D eigenvalue weighted by Gasteiger charge is 2.38. The zero-order valence-corrected chi connectivity index (χ0v) is 17.8. The molecular formula is C23H32N4O3. The van der Waals surface area contributed by atoms with Crippen molar-refractivity contribution < 1.29 is 14.7 Å². The Balaban J connectivity index is 1.69. The molecule has 1 saturated carbocycles. The quantitative estimate of drug-likeness (QED) is 0.607. The second-order valence-electron chi connectivity index (χ2n) is 8.32. The van der Waals surface area contributed by atoms with Crippen LogP contribution in [0.25, 0.3) is 0 Å². The fourth-order valence-electron chi connectivity index (χ4n) is 4.36. The predicted molar refractivity (Wildman–Crippen MR) is 115 cm³/mol. The fourth-order valence-corrected chi connectivity index (χ4v) is 4.36. The molecule has 1 aromatic carbocycles. The van der Waals surface area contributed by atoms with Crippen molar-refractivity contribution in [1.29, 1.82) is 0 Å². The Kier molecular flexibility index (Phi) is 7.26. The van der Waals surface area contributed by atoms with E-state index in [0.717, 1.165) is 24.1 Å². The second kappa shape index (κ2) is 9.89. The molecule has 7 nitrogen and oxygen atoms in total. The van der Waals surface area contributed by atoms with Crippen molar-refractivity contribution in [2.45, 2.75) is 70.1 Å². The molecule has 1 aromatic heterocycles. The van der Waals surface area contributed by atoms with Gasteiger partial charge in [-0.2, -0.15) is 5.10 Å². The Hall–Kier alpha value is -2.67. The van der Waals surface area contributed by atoms with Crippen molar-refractivity contribution in [3.63, 3.8) is 0 Å². The number of hydrogen-bond donors (Lipinski definition) is 3. The van der Waals surface area contributed by atoms with Gasteiger partial charge in [0.15, 0.2) is 0 Å². The average Bonchev–Trinajstić information content (AvgIpc) is 3.08. The smallest absolute Gasteiger partial charge is 0.221 e. The first-order valence-corrected chi connectivity index (χ1v) is 10.7. The van der Waals surface area contributed by atoms with Crippen LogP contribution in [0.3, 0.4) is 0 Å². The summed E-state index contributed by atoms with van der Waals surface area (Å²) in [4.78, 5) is 24.1. The van der Waals surface area contributed by atoms with Crippen LogP contribution in [0, 0.1) is 6.92 Å². The average molecular weight is 413 g/mol. The molecule has 30 heavy (non-hydrogen) atoms. The number of aliphatic hydroxyl groups is 1. The minimum absolute atomic E-state index is 0.0107. The van der Waals surface area contributed by atoms with Crippen LogP contribution in [-0.4, -0.2) is 45.4 Å². The van der Waals surface area contributed by atoms with Gasteiger partial charge in [-0.1, -0.05) is 30.3 Å². The van der Waals surface area contributed by atoms with Gasteiger partial charge < -0.3 is 15.7 Å². The third-order valence-electron chi connectivity index (χ3n) is 6.20. The summed E-state index contributed by atoms with van der Waals surface area (Å²) in [6.07, 6.45) is 4.27. The highest BCUT2D eigenvalue weighted by atomic mass is 16.3. The van der Waals surface area contributed by atoms with Crippen LogP contribution in [0.1, 0.15) is 50.3 Å². The molecule has 2 amide bonds. The molecule has 2 aromatic rings. The molecule has 162 valence electrons. The van der Waals surface area contributed by atoms with E-state index in [1.807, 2.05) is 35.9 Å². The molecule has 3 N–H and O–H groups in total. The van der Waals surface area contributed by atoms with E-state index in [1.165, 1.54) is 6.92 Å². The van der Waals surface area contributed by atoms with E-state index in [1.54, 1.807) is 6.20 Å². The number of carbonyl (C=O) groups excluding carboxylic acids is 2. The lowest BCUT2D eigenvalue weighted by atomic mass is 9.74. The first-order chi connectivity index (χ1) is 14.4. The number of aryl methyl sites for hydroxylation is 2. The number of aliphatic hydroxyl groups excluding tert-OH is 1. The molecule has 0 unspecified atom stereocenters. The standard InChI is InChI=1S/C23H32N4O3/c1-17-10-14-25-27(17)15-11-22(30)24-16-23(19-6-4-3-5-7-19)12-8-20(26-18(2)28)21(29)9-13-23/h3-7,10,14,20-21,29H,8-9,11-13,15-16H2,1-2H3,(H,24,30)(H,26,28)/t20-,21-,23-/m0/s1. The van der Waals surface area contributed by atoms with E-state index in [-0.39, 0.29) is 23.3 Å². The summed E-state index contributed by atoms with van der Waals surface area (Å²) in [6.45, 7) is 4.50. The zero-order chi connectivity index (χ0) is 21.6. The lowest BCUT2D eigenvalue weighted by Crippen LogP contribution is -2.42. The second-order valence-corrected chi connectivity index (χ2v) is 8.32. The number of nitrogens with zero attached hydrogens (tertiary/aromatic N) is 2. The molecule has 1 fully saturated rings. The Morgan fingerprint density at radius 1 is 1.20 bits per heavy atom. The van der Waals surface area contributed by atoms with Crippen LogP contribution in [0.4, 0.5) is 0 Å². The summed E-state index contributed by atoms with van der Waals surface area (Å²) in [6, 6.07) is 11.8. The van der Waals surface area contributed by atoms with Crippen molar-refractivity contribution in [3.8, 4) is 0 Å². The molecule has 7 heteroatoms. The molecule has 0 radical (unpaired) electrons. The number of hydrogen-bond acceptors (Lipinski definition) is 4. The first kappa shape index (κ1) is 22.0. The van der Waals surface area contributed by atoms with Gasteiger partial charge in [0, 0.05) is 43.7 Å². The van der Waals surface area contributed by atoms with Gasteiger partial charge >= 0.3 is 0 Å². The fraction of sp³-hybridized carbons (Fsp3) is 0.522. The Morgan fingerprint density at radius 2 is 1.93 bits per heavy atom. The van der Waals surface area contributed by atoms with Gasteiger partial charge in [0.1, 0.15) is 0 Å². The van der Waals surface area contributed by atoms with E-state index in [4.69, 9.17) is 0 Å². The lowest BCUT2D eigenvalue weighted by Gasteiger charge is -2.34. The molecule has 0 spiro atoms. The Labute approximate surface area is 177 Å². The number of rotatable bonds is 7. The number of amides is 2. The maximum absolute atomic E-state index is 12.6. The van der Waals surface area contributed by atoms with Crippen LogP contribution < -0.4 is 10.6 Å². The maximum atomic E-state index is 12.6. The summed E-state index contributed by atoms with van der Waals surface area (Å²) in [5.74, 6) is -0.142. The van der Waals surface area contributed by atoms with Crippen LogP contribution in [-0.2, 0) is 21.5 Å². The summed E-state index contributed by atoms with van der Waals surface area (Å²) >= 11 is 0. The van der Waals surface area contributed by atoms with Gasteiger partial charge in [-0.25, -0.2) is 0 Å². The van der Waals surface area contributed by atoms with E-state index in [2.05, 4.69) is 27.9 Å². The first-order valence-electron chi connectivity index (χ1n) is 10.7. The highest BCUT2D eigenvalue weighted by molar-refractivity contribution is 5.76. The van der Waals surface area contributed by atoms with Crippen LogP contribution in [0.15, 0.2) is 42.6 Å². The predicted octanol–water partition coefficient (Wildman–Crippen LogP) is 2.08. The van der Waals surface area contributed by atoms with E-state index >= 15 is 0 Å². The van der Waals surface area contributed by atoms with Crippen LogP contribution in [0.5, 0.6) is 0 Å². The van der Waals surface area contributed by atoms with E-state index < -0.39 is 6.10 Å².